The first kappa shape index (κ1) is 15.7. The van der Waals surface area contributed by atoms with Crippen LogP contribution in [0, 0.1) is 0 Å². The van der Waals surface area contributed by atoms with Gasteiger partial charge in [0.2, 0.25) is 10.0 Å². The average Bonchev–Trinajstić information content (AvgIpc) is 2.38. The summed E-state index contributed by atoms with van der Waals surface area (Å²) in [4.78, 5) is 4.04. The molecule has 19 heavy (non-hydrogen) atoms. The Morgan fingerprint density at radius 3 is 2.58 bits per heavy atom. The maximum Gasteiger partial charge on any atom is 0.246 e. The van der Waals surface area contributed by atoms with Gasteiger partial charge in [0, 0.05) is 14.1 Å². The van der Waals surface area contributed by atoms with Crippen LogP contribution in [-0.2, 0) is 10.0 Å². The van der Waals surface area contributed by atoms with E-state index in [1.54, 1.807) is 6.07 Å². The number of ether oxygens (including phenoxy) is 1. The zero-order valence-corrected chi connectivity index (χ0v) is 12.5. The Morgan fingerprint density at radius 1 is 1.47 bits per heavy atom. The van der Waals surface area contributed by atoms with E-state index >= 15 is 0 Å². The van der Waals surface area contributed by atoms with Crippen LogP contribution in [0.3, 0.4) is 0 Å². The van der Waals surface area contributed by atoms with E-state index in [4.69, 9.17) is 22.1 Å². The SMILES string of the molecule is COc1ccc(N=C(N)CCl)cc1S(=O)(=O)N(C)C. The molecule has 0 bridgehead atoms. The second kappa shape index (κ2) is 6.23. The van der Waals surface area contributed by atoms with E-state index in [0.29, 0.717) is 5.69 Å². The molecule has 0 unspecified atom stereocenters. The fraction of sp³-hybridized carbons (Fsp3) is 0.364. The van der Waals surface area contributed by atoms with Crippen molar-refractivity contribution >= 4 is 33.1 Å². The lowest BCUT2D eigenvalue weighted by Gasteiger charge is -2.14. The van der Waals surface area contributed by atoms with Crippen LogP contribution in [0.25, 0.3) is 0 Å². The summed E-state index contributed by atoms with van der Waals surface area (Å²) in [7, 11) is 0.668. The summed E-state index contributed by atoms with van der Waals surface area (Å²) >= 11 is 5.53. The van der Waals surface area contributed by atoms with Crippen molar-refractivity contribution < 1.29 is 13.2 Å². The standard InChI is InChI=1S/C11H16ClN3O3S/c1-15(2)19(16,17)10-6-8(14-11(13)7-12)4-5-9(10)18-3/h4-6H,7H2,1-3H3,(H2,13,14). The van der Waals surface area contributed by atoms with E-state index in [1.165, 1.54) is 33.3 Å². The minimum atomic E-state index is -3.62. The number of sulfonamides is 1. The number of benzene rings is 1. The Balaban J connectivity index is 3.41. The first-order valence-electron chi connectivity index (χ1n) is 5.32. The quantitative estimate of drug-likeness (QED) is 0.503. The molecule has 0 spiro atoms. The Hall–Kier alpha value is -1.31. The summed E-state index contributed by atoms with van der Waals surface area (Å²) in [5.74, 6) is 0.527. The van der Waals surface area contributed by atoms with Crippen LogP contribution in [0.15, 0.2) is 28.1 Å². The minimum absolute atomic E-state index is 0.0311. The van der Waals surface area contributed by atoms with Crippen molar-refractivity contribution in [2.24, 2.45) is 10.7 Å². The highest BCUT2D eigenvalue weighted by Gasteiger charge is 2.22. The zero-order valence-electron chi connectivity index (χ0n) is 10.9. The molecule has 0 amide bonds. The lowest BCUT2D eigenvalue weighted by atomic mass is 10.3. The number of hydrogen-bond acceptors (Lipinski definition) is 4. The number of hydrogen-bond donors (Lipinski definition) is 1. The molecule has 2 N–H and O–H groups in total. The van der Waals surface area contributed by atoms with E-state index < -0.39 is 10.0 Å². The van der Waals surface area contributed by atoms with Crippen LogP contribution in [0.5, 0.6) is 5.75 Å². The van der Waals surface area contributed by atoms with Crippen molar-refractivity contribution in [2.75, 3.05) is 27.1 Å². The van der Waals surface area contributed by atoms with Crippen molar-refractivity contribution in [2.45, 2.75) is 4.90 Å². The van der Waals surface area contributed by atoms with Gasteiger partial charge in [-0.05, 0) is 18.2 Å². The summed E-state index contributed by atoms with van der Waals surface area (Å²) in [6.07, 6.45) is 0. The van der Waals surface area contributed by atoms with Gasteiger partial charge < -0.3 is 10.5 Å². The first-order valence-corrected chi connectivity index (χ1v) is 7.30. The molecule has 0 fully saturated rings. The topological polar surface area (TPSA) is 85.0 Å². The predicted octanol–water partition coefficient (Wildman–Crippen LogP) is 1.17. The Bertz CT molecular complexity index is 585. The summed E-state index contributed by atoms with van der Waals surface area (Å²) in [6, 6.07) is 4.53. The van der Waals surface area contributed by atoms with Crippen LogP contribution >= 0.6 is 11.6 Å². The van der Waals surface area contributed by atoms with E-state index in [9.17, 15) is 8.42 Å². The van der Waals surface area contributed by atoms with Gasteiger partial charge >= 0.3 is 0 Å². The molecule has 8 heteroatoms. The third kappa shape index (κ3) is 3.59. The molecule has 1 rings (SSSR count). The molecule has 0 aromatic heterocycles. The van der Waals surface area contributed by atoms with Crippen LogP contribution < -0.4 is 10.5 Å². The van der Waals surface area contributed by atoms with E-state index in [2.05, 4.69) is 4.99 Å². The van der Waals surface area contributed by atoms with Crippen molar-refractivity contribution in [1.82, 2.24) is 4.31 Å². The Morgan fingerprint density at radius 2 is 2.11 bits per heavy atom. The van der Waals surface area contributed by atoms with Crippen LogP contribution in [0.2, 0.25) is 0 Å². The fourth-order valence-corrected chi connectivity index (χ4v) is 2.46. The fourth-order valence-electron chi connectivity index (χ4n) is 1.33. The second-order valence-corrected chi connectivity index (χ2v) is 6.25. The average molecular weight is 306 g/mol. The number of methoxy groups -OCH3 is 1. The molecular weight excluding hydrogens is 290 g/mol. The summed E-state index contributed by atoms with van der Waals surface area (Å²) < 4.78 is 30.5. The monoisotopic (exact) mass is 305 g/mol. The van der Waals surface area contributed by atoms with E-state index in [1.807, 2.05) is 0 Å². The smallest absolute Gasteiger partial charge is 0.246 e. The molecule has 0 saturated carbocycles. The molecule has 0 aliphatic rings. The van der Waals surface area contributed by atoms with Gasteiger partial charge in [-0.15, -0.1) is 11.6 Å². The lowest BCUT2D eigenvalue weighted by Crippen LogP contribution is -2.22. The molecule has 1 aromatic carbocycles. The molecule has 0 atom stereocenters. The number of amidine groups is 1. The van der Waals surface area contributed by atoms with Crippen molar-refractivity contribution in [3.63, 3.8) is 0 Å². The van der Waals surface area contributed by atoms with Gasteiger partial charge in [0.15, 0.2) is 0 Å². The summed E-state index contributed by atoms with van der Waals surface area (Å²) in [5.41, 5.74) is 5.92. The molecule has 0 heterocycles. The molecule has 0 aliphatic carbocycles. The third-order valence-electron chi connectivity index (χ3n) is 2.32. The van der Waals surface area contributed by atoms with Gasteiger partial charge in [0.1, 0.15) is 16.5 Å². The van der Waals surface area contributed by atoms with Crippen LogP contribution in [0.1, 0.15) is 0 Å². The predicted molar refractivity (Wildman–Crippen MR) is 75.9 cm³/mol. The van der Waals surface area contributed by atoms with Gasteiger partial charge in [0.25, 0.3) is 0 Å². The van der Waals surface area contributed by atoms with Crippen molar-refractivity contribution in [3.8, 4) is 5.75 Å². The normalized spacial score (nSPS) is 12.8. The number of halogens is 1. The molecule has 6 nitrogen and oxygen atoms in total. The summed E-state index contributed by atoms with van der Waals surface area (Å²) in [6.45, 7) is 0. The highest BCUT2D eigenvalue weighted by atomic mass is 35.5. The van der Waals surface area contributed by atoms with Crippen LogP contribution in [0.4, 0.5) is 5.69 Å². The van der Waals surface area contributed by atoms with Gasteiger partial charge in [-0.3, -0.25) is 0 Å². The van der Waals surface area contributed by atoms with Gasteiger partial charge in [-0.1, -0.05) is 0 Å². The largest absolute Gasteiger partial charge is 0.495 e. The number of alkyl halides is 1. The molecule has 0 aliphatic heterocycles. The van der Waals surface area contributed by atoms with E-state index in [-0.39, 0.29) is 22.4 Å². The maximum absolute atomic E-state index is 12.2. The van der Waals surface area contributed by atoms with Gasteiger partial charge in [-0.25, -0.2) is 17.7 Å². The molecular formula is C11H16ClN3O3S. The summed E-state index contributed by atoms with van der Waals surface area (Å²) in [5, 5.41) is 0. The number of nitrogens with zero attached hydrogens (tertiary/aromatic N) is 2. The number of aliphatic imine (C=N–C) groups is 1. The number of rotatable bonds is 5. The van der Waals surface area contributed by atoms with Crippen LogP contribution in [-0.4, -0.2) is 45.6 Å². The lowest BCUT2D eigenvalue weighted by molar-refractivity contribution is 0.400. The maximum atomic E-state index is 12.2. The molecule has 0 radical (unpaired) electrons. The Labute approximate surface area is 117 Å². The second-order valence-electron chi connectivity index (χ2n) is 3.86. The first-order chi connectivity index (χ1) is 8.82. The van der Waals surface area contributed by atoms with Gasteiger partial charge in [0.05, 0.1) is 18.7 Å². The number of nitrogens with two attached hydrogens (primary N) is 1. The highest BCUT2D eigenvalue weighted by Crippen LogP contribution is 2.29. The molecule has 0 saturated heterocycles. The third-order valence-corrected chi connectivity index (χ3v) is 4.43. The molecule has 1 aromatic rings. The Kier molecular flexibility index (Phi) is 5.16. The van der Waals surface area contributed by atoms with Crippen molar-refractivity contribution in [1.29, 1.82) is 0 Å². The highest BCUT2D eigenvalue weighted by molar-refractivity contribution is 7.89. The van der Waals surface area contributed by atoms with E-state index in [0.717, 1.165) is 4.31 Å². The molecule has 106 valence electrons. The minimum Gasteiger partial charge on any atom is -0.495 e. The van der Waals surface area contributed by atoms with Gasteiger partial charge in [-0.2, -0.15) is 0 Å². The van der Waals surface area contributed by atoms with Crippen molar-refractivity contribution in [3.05, 3.63) is 18.2 Å². The zero-order chi connectivity index (χ0) is 14.6.